The highest BCUT2D eigenvalue weighted by Crippen LogP contribution is 2.37. The Kier molecular flexibility index (Phi) is 7.11. The second-order valence-electron chi connectivity index (χ2n) is 5.64. The molecule has 0 aliphatic heterocycles. The lowest BCUT2D eigenvalue weighted by molar-refractivity contribution is 0.324. The van der Waals surface area contributed by atoms with Crippen molar-refractivity contribution in [2.45, 2.75) is 38.1 Å². The van der Waals surface area contributed by atoms with E-state index in [2.05, 4.69) is 15.8 Å². The first-order chi connectivity index (χ1) is 11.7. The molecule has 7 heteroatoms. The molecule has 132 valence electrons. The minimum atomic E-state index is 0.454. The van der Waals surface area contributed by atoms with E-state index in [1.54, 1.807) is 27.5 Å². The van der Waals surface area contributed by atoms with Crippen molar-refractivity contribution in [1.82, 2.24) is 10.7 Å². The van der Waals surface area contributed by atoms with Crippen LogP contribution in [0.2, 0.25) is 0 Å². The van der Waals surface area contributed by atoms with Crippen LogP contribution < -0.4 is 25.0 Å². The molecule has 0 bridgehead atoms. The summed E-state index contributed by atoms with van der Waals surface area (Å²) in [4.78, 5) is 0. The number of hydrogen-bond donors (Lipinski definition) is 2. The standard InChI is InChI=1S/C17H25N3O3S/c1-21-14-9-12(10-15(22-2)16(14)23-3)11-18-20-17(24)19-13-7-5-4-6-8-13/h9-11,13H,4-8H2,1-3H3,(H2,19,20,24)/b18-11-. The first kappa shape index (κ1) is 18.3. The van der Waals surface area contributed by atoms with E-state index in [9.17, 15) is 0 Å². The quantitative estimate of drug-likeness (QED) is 0.467. The van der Waals surface area contributed by atoms with Gasteiger partial charge in [-0.1, -0.05) is 19.3 Å². The summed E-state index contributed by atoms with van der Waals surface area (Å²) in [5, 5.41) is 8.04. The molecule has 0 saturated heterocycles. The number of hydrogen-bond acceptors (Lipinski definition) is 5. The van der Waals surface area contributed by atoms with Gasteiger partial charge in [0.05, 0.1) is 27.5 Å². The number of methoxy groups -OCH3 is 3. The highest BCUT2D eigenvalue weighted by molar-refractivity contribution is 7.80. The Morgan fingerprint density at radius 2 is 1.71 bits per heavy atom. The SMILES string of the molecule is COc1cc(/C=N\NC(=S)NC2CCCCC2)cc(OC)c1OC. The Labute approximate surface area is 148 Å². The maximum atomic E-state index is 5.32. The zero-order chi connectivity index (χ0) is 17.4. The Morgan fingerprint density at radius 1 is 1.08 bits per heavy atom. The first-order valence-electron chi connectivity index (χ1n) is 8.07. The first-order valence-corrected chi connectivity index (χ1v) is 8.48. The fraction of sp³-hybridized carbons (Fsp3) is 0.529. The molecule has 6 nitrogen and oxygen atoms in total. The van der Waals surface area contributed by atoms with Crippen LogP contribution in [-0.2, 0) is 0 Å². The molecule has 0 atom stereocenters. The molecule has 0 unspecified atom stereocenters. The Bertz CT molecular complexity index is 561. The van der Waals surface area contributed by atoms with Gasteiger partial charge in [-0.2, -0.15) is 5.10 Å². The van der Waals surface area contributed by atoms with Gasteiger partial charge >= 0.3 is 0 Å². The van der Waals surface area contributed by atoms with E-state index in [0.29, 0.717) is 28.4 Å². The van der Waals surface area contributed by atoms with Gasteiger partial charge in [0.25, 0.3) is 0 Å². The van der Waals surface area contributed by atoms with E-state index < -0.39 is 0 Å². The molecule has 2 N–H and O–H groups in total. The predicted molar refractivity (Wildman–Crippen MR) is 99.4 cm³/mol. The molecule has 0 amide bonds. The maximum Gasteiger partial charge on any atom is 0.203 e. The van der Waals surface area contributed by atoms with Crippen molar-refractivity contribution in [3.05, 3.63) is 17.7 Å². The fourth-order valence-corrected chi connectivity index (χ4v) is 3.03. The van der Waals surface area contributed by atoms with E-state index >= 15 is 0 Å². The summed E-state index contributed by atoms with van der Waals surface area (Å²) in [6.07, 6.45) is 7.83. The third-order valence-corrected chi connectivity index (χ3v) is 4.22. The minimum Gasteiger partial charge on any atom is -0.493 e. The Balaban J connectivity index is 1.96. The van der Waals surface area contributed by atoms with E-state index in [-0.39, 0.29) is 0 Å². The summed E-state index contributed by atoms with van der Waals surface area (Å²) < 4.78 is 15.9. The highest BCUT2D eigenvalue weighted by Gasteiger charge is 2.14. The molecule has 1 aromatic carbocycles. The molecule has 0 heterocycles. The zero-order valence-corrected chi connectivity index (χ0v) is 15.2. The van der Waals surface area contributed by atoms with Crippen molar-refractivity contribution in [3.8, 4) is 17.2 Å². The monoisotopic (exact) mass is 351 g/mol. The molecule has 24 heavy (non-hydrogen) atoms. The summed E-state index contributed by atoms with van der Waals surface area (Å²) in [6, 6.07) is 4.10. The van der Waals surface area contributed by atoms with Gasteiger partial charge < -0.3 is 19.5 Å². The minimum absolute atomic E-state index is 0.454. The molecule has 0 aromatic heterocycles. The summed E-state index contributed by atoms with van der Waals surface area (Å²) in [5.74, 6) is 1.72. The summed E-state index contributed by atoms with van der Waals surface area (Å²) >= 11 is 5.28. The zero-order valence-electron chi connectivity index (χ0n) is 14.4. The van der Waals surface area contributed by atoms with Gasteiger partial charge in [-0.05, 0) is 37.2 Å². The van der Waals surface area contributed by atoms with Crippen LogP contribution in [0, 0.1) is 0 Å². The van der Waals surface area contributed by atoms with Crippen molar-refractivity contribution in [1.29, 1.82) is 0 Å². The van der Waals surface area contributed by atoms with Crippen molar-refractivity contribution in [2.24, 2.45) is 5.10 Å². The predicted octanol–water partition coefficient (Wildman–Crippen LogP) is 2.84. The number of nitrogens with zero attached hydrogens (tertiary/aromatic N) is 1. The van der Waals surface area contributed by atoms with Gasteiger partial charge in [-0.25, -0.2) is 0 Å². The normalized spacial score (nSPS) is 15.1. The van der Waals surface area contributed by atoms with Gasteiger partial charge in [-0.3, -0.25) is 5.43 Å². The van der Waals surface area contributed by atoms with Crippen molar-refractivity contribution >= 4 is 23.5 Å². The van der Waals surface area contributed by atoms with Gasteiger partial charge in [-0.15, -0.1) is 0 Å². The van der Waals surface area contributed by atoms with Gasteiger partial charge in [0, 0.05) is 11.6 Å². The van der Waals surface area contributed by atoms with Gasteiger partial charge in [0.15, 0.2) is 16.6 Å². The lowest BCUT2D eigenvalue weighted by atomic mass is 9.96. The van der Waals surface area contributed by atoms with Crippen LogP contribution in [0.5, 0.6) is 17.2 Å². The van der Waals surface area contributed by atoms with E-state index in [0.717, 1.165) is 5.56 Å². The van der Waals surface area contributed by atoms with E-state index in [4.69, 9.17) is 26.4 Å². The van der Waals surface area contributed by atoms with Crippen LogP contribution in [0.4, 0.5) is 0 Å². The number of thiocarbonyl (C=S) groups is 1. The molecular weight excluding hydrogens is 326 g/mol. The van der Waals surface area contributed by atoms with Crippen LogP contribution in [0.25, 0.3) is 0 Å². The van der Waals surface area contributed by atoms with Gasteiger partial charge in [0.2, 0.25) is 5.75 Å². The molecule has 0 spiro atoms. The number of ether oxygens (including phenoxy) is 3. The van der Waals surface area contributed by atoms with Crippen LogP contribution in [0.15, 0.2) is 17.2 Å². The third-order valence-electron chi connectivity index (χ3n) is 4.01. The molecule has 1 aliphatic rings. The molecule has 1 aliphatic carbocycles. The lowest BCUT2D eigenvalue weighted by Gasteiger charge is -2.23. The summed E-state index contributed by atoms with van der Waals surface area (Å²) in [7, 11) is 4.74. The summed E-state index contributed by atoms with van der Waals surface area (Å²) in [5.41, 5.74) is 3.68. The van der Waals surface area contributed by atoms with Crippen LogP contribution in [0.3, 0.4) is 0 Å². The average molecular weight is 351 g/mol. The second-order valence-corrected chi connectivity index (χ2v) is 6.05. The molecule has 1 saturated carbocycles. The van der Waals surface area contributed by atoms with Crippen LogP contribution in [-0.4, -0.2) is 38.7 Å². The number of hydrazone groups is 1. The van der Waals surface area contributed by atoms with Gasteiger partial charge in [0.1, 0.15) is 0 Å². The van der Waals surface area contributed by atoms with Crippen molar-refractivity contribution in [3.63, 3.8) is 0 Å². The average Bonchev–Trinajstić information content (AvgIpc) is 2.61. The van der Waals surface area contributed by atoms with Crippen molar-refractivity contribution in [2.75, 3.05) is 21.3 Å². The van der Waals surface area contributed by atoms with Crippen LogP contribution >= 0.6 is 12.2 Å². The molecular formula is C17H25N3O3S. The maximum absolute atomic E-state index is 5.32. The Morgan fingerprint density at radius 3 is 2.25 bits per heavy atom. The number of nitrogens with one attached hydrogen (secondary N) is 2. The second kappa shape index (κ2) is 9.32. The number of benzene rings is 1. The largest absolute Gasteiger partial charge is 0.493 e. The molecule has 1 aromatic rings. The molecule has 0 radical (unpaired) electrons. The smallest absolute Gasteiger partial charge is 0.203 e. The Hall–Kier alpha value is -2.02. The topological polar surface area (TPSA) is 64.1 Å². The molecule has 1 fully saturated rings. The highest BCUT2D eigenvalue weighted by atomic mass is 32.1. The van der Waals surface area contributed by atoms with E-state index in [1.165, 1.54) is 32.1 Å². The fourth-order valence-electron chi connectivity index (χ4n) is 2.81. The number of rotatable bonds is 6. The molecule has 2 rings (SSSR count). The lowest BCUT2D eigenvalue weighted by Crippen LogP contribution is -2.40. The summed E-state index contributed by atoms with van der Waals surface area (Å²) in [6.45, 7) is 0. The van der Waals surface area contributed by atoms with E-state index in [1.807, 2.05) is 12.1 Å². The van der Waals surface area contributed by atoms with Crippen LogP contribution in [0.1, 0.15) is 37.7 Å². The van der Waals surface area contributed by atoms with Crippen molar-refractivity contribution < 1.29 is 14.2 Å². The third kappa shape index (κ3) is 4.99.